The highest BCUT2D eigenvalue weighted by atomic mass is 16.2. The summed E-state index contributed by atoms with van der Waals surface area (Å²) in [6, 6.07) is 13.1. The Labute approximate surface area is 151 Å². The van der Waals surface area contributed by atoms with Crippen molar-refractivity contribution in [3.8, 4) is 17.2 Å². The molecule has 6 nitrogen and oxygen atoms in total. The molecule has 3 aromatic rings. The van der Waals surface area contributed by atoms with Gasteiger partial charge in [0, 0.05) is 29.7 Å². The number of aryl methyl sites for hydroxylation is 1. The molecule has 0 saturated heterocycles. The summed E-state index contributed by atoms with van der Waals surface area (Å²) in [7, 11) is 0. The van der Waals surface area contributed by atoms with E-state index in [1.165, 1.54) is 0 Å². The molecule has 3 heterocycles. The van der Waals surface area contributed by atoms with Crippen LogP contribution in [0.5, 0.6) is 0 Å². The third-order valence-corrected chi connectivity index (χ3v) is 4.62. The maximum Gasteiger partial charge on any atom is 0.277 e. The number of rotatable bonds is 2. The van der Waals surface area contributed by atoms with Crippen molar-refractivity contribution in [3.63, 3.8) is 0 Å². The fraction of sp³-hybridized carbons (Fsp3) is 0.200. The molecule has 26 heavy (non-hydrogen) atoms. The molecule has 1 amide bonds. The molecule has 0 saturated carbocycles. The third-order valence-electron chi connectivity index (χ3n) is 4.62. The Morgan fingerprint density at radius 1 is 1.23 bits per heavy atom. The van der Waals surface area contributed by atoms with Crippen molar-refractivity contribution in [3.05, 3.63) is 65.7 Å². The molecule has 0 radical (unpaired) electrons. The fourth-order valence-corrected chi connectivity index (χ4v) is 3.32. The fourth-order valence-electron chi connectivity index (χ4n) is 3.32. The maximum atomic E-state index is 13.2. The number of carbonyl (C=O) groups is 1. The number of benzene rings is 1. The number of pyridine rings is 1. The summed E-state index contributed by atoms with van der Waals surface area (Å²) in [6.07, 6.45) is 3.49. The SMILES string of the molecule is Cc1cc(-c2cnn3c2C(=O)N(c2ccc(C#N)cc2)C[C@@H]3C)ccn1. The Hall–Kier alpha value is -3.46. The normalized spacial score (nSPS) is 16.3. The first-order chi connectivity index (χ1) is 12.6. The average Bonchev–Trinajstić information content (AvgIpc) is 3.11. The van der Waals surface area contributed by atoms with Gasteiger partial charge in [-0.05, 0) is 55.8 Å². The molecule has 1 aromatic carbocycles. The predicted octanol–water partition coefficient (Wildman–Crippen LogP) is 3.35. The minimum atomic E-state index is -0.0882. The van der Waals surface area contributed by atoms with E-state index in [4.69, 9.17) is 5.26 Å². The van der Waals surface area contributed by atoms with Crippen molar-refractivity contribution in [2.75, 3.05) is 11.4 Å². The van der Waals surface area contributed by atoms with E-state index in [1.807, 2.05) is 38.1 Å². The van der Waals surface area contributed by atoms with Gasteiger partial charge in [0.15, 0.2) is 0 Å². The van der Waals surface area contributed by atoms with Gasteiger partial charge in [-0.3, -0.25) is 14.5 Å². The molecule has 0 bridgehead atoms. The monoisotopic (exact) mass is 343 g/mol. The molecule has 0 N–H and O–H groups in total. The molecule has 4 rings (SSSR count). The highest BCUT2D eigenvalue weighted by Crippen LogP contribution is 2.32. The lowest BCUT2D eigenvalue weighted by Crippen LogP contribution is -2.42. The maximum absolute atomic E-state index is 13.2. The third kappa shape index (κ3) is 2.54. The minimum Gasteiger partial charge on any atom is -0.305 e. The number of aromatic nitrogens is 3. The van der Waals surface area contributed by atoms with E-state index in [1.54, 1.807) is 34.1 Å². The van der Waals surface area contributed by atoms with Gasteiger partial charge in [0.25, 0.3) is 5.91 Å². The van der Waals surface area contributed by atoms with Gasteiger partial charge in [0.1, 0.15) is 5.69 Å². The second kappa shape index (κ2) is 6.12. The van der Waals surface area contributed by atoms with E-state index in [-0.39, 0.29) is 11.9 Å². The highest BCUT2D eigenvalue weighted by molar-refractivity contribution is 6.09. The molecule has 128 valence electrons. The van der Waals surface area contributed by atoms with Gasteiger partial charge in [0.05, 0.1) is 23.9 Å². The van der Waals surface area contributed by atoms with Gasteiger partial charge >= 0.3 is 0 Å². The molecule has 0 aliphatic carbocycles. The van der Waals surface area contributed by atoms with E-state index in [0.717, 1.165) is 22.5 Å². The van der Waals surface area contributed by atoms with Gasteiger partial charge in [-0.2, -0.15) is 10.4 Å². The zero-order valence-electron chi connectivity index (χ0n) is 14.5. The average molecular weight is 343 g/mol. The van der Waals surface area contributed by atoms with Gasteiger partial charge in [-0.15, -0.1) is 0 Å². The van der Waals surface area contributed by atoms with E-state index in [0.29, 0.717) is 17.8 Å². The van der Waals surface area contributed by atoms with Crippen molar-refractivity contribution >= 4 is 11.6 Å². The van der Waals surface area contributed by atoms with E-state index in [2.05, 4.69) is 16.2 Å². The van der Waals surface area contributed by atoms with Gasteiger partial charge in [-0.25, -0.2) is 0 Å². The summed E-state index contributed by atoms with van der Waals surface area (Å²) >= 11 is 0. The van der Waals surface area contributed by atoms with Crippen LogP contribution < -0.4 is 4.90 Å². The first-order valence-electron chi connectivity index (χ1n) is 8.41. The molecule has 1 atom stereocenters. The molecule has 1 aliphatic rings. The van der Waals surface area contributed by atoms with E-state index in [9.17, 15) is 4.79 Å². The van der Waals surface area contributed by atoms with Crippen molar-refractivity contribution in [2.24, 2.45) is 0 Å². The van der Waals surface area contributed by atoms with Crippen molar-refractivity contribution in [1.29, 1.82) is 5.26 Å². The zero-order chi connectivity index (χ0) is 18.3. The zero-order valence-corrected chi connectivity index (χ0v) is 14.5. The number of nitriles is 1. The molecular weight excluding hydrogens is 326 g/mol. The van der Waals surface area contributed by atoms with Crippen LogP contribution in [-0.4, -0.2) is 27.2 Å². The Balaban J connectivity index is 1.79. The first kappa shape index (κ1) is 16.0. The van der Waals surface area contributed by atoms with Crippen LogP contribution in [-0.2, 0) is 0 Å². The Morgan fingerprint density at radius 2 is 2.00 bits per heavy atom. The predicted molar refractivity (Wildman–Crippen MR) is 97.7 cm³/mol. The molecular formula is C20H17N5O. The second-order valence-corrected chi connectivity index (χ2v) is 6.46. The number of hydrogen-bond donors (Lipinski definition) is 0. The number of anilines is 1. The summed E-state index contributed by atoms with van der Waals surface area (Å²) in [5.74, 6) is -0.0882. The van der Waals surface area contributed by atoms with Gasteiger partial charge in [-0.1, -0.05) is 0 Å². The van der Waals surface area contributed by atoms with E-state index >= 15 is 0 Å². The molecule has 1 aliphatic heterocycles. The number of amides is 1. The molecule has 0 fully saturated rings. The number of carbonyl (C=O) groups excluding carboxylic acids is 1. The second-order valence-electron chi connectivity index (χ2n) is 6.46. The standard InChI is InChI=1S/C20H17N5O/c1-13-9-16(7-8-22-13)18-11-23-25-14(2)12-24(20(26)19(18)25)17-5-3-15(10-21)4-6-17/h3-9,11,14H,12H2,1-2H3/t14-/m0/s1. The van der Waals surface area contributed by atoms with Crippen LogP contribution in [0.4, 0.5) is 5.69 Å². The smallest absolute Gasteiger partial charge is 0.277 e. The Kier molecular flexibility index (Phi) is 3.77. The lowest BCUT2D eigenvalue weighted by molar-refractivity contribution is 0.0954. The summed E-state index contributed by atoms with van der Waals surface area (Å²) < 4.78 is 1.80. The summed E-state index contributed by atoms with van der Waals surface area (Å²) in [6.45, 7) is 4.50. The van der Waals surface area contributed by atoms with Crippen LogP contribution >= 0.6 is 0 Å². The first-order valence-corrected chi connectivity index (χ1v) is 8.41. The Morgan fingerprint density at radius 3 is 2.69 bits per heavy atom. The number of nitrogens with zero attached hydrogens (tertiary/aromatic N) is 5. The lowest BCUT2D eigenvalue weighted by Gasteiger charge is -2.32. The largest absolute Gasteiger partial charge is 0.305 e. The van der Waals surface area contributed by atoms with Crippen molar-refractivity contribution < 1.29 is 4.79 Å². The molecule has 2 aromatic heterocycles. The topological polar surface area (TPSA) is 74.8 Å². The highest BCUT2D eigenvalue weighted by Gasteiger charge is 2.33. The van der Waals surface area contributed by atoms with Gasteiger partial charge < -0.3 is 4.90 Å². The molecule has 0 unspecified atom stereocenters. The van der Waals surface area contributed by atoms with Crippen LogP contribution in [0.3, 0.4) is 0 Å². The van der Waals surface area contributed by atoms with Crippen LogP contribution in [0.1, 0.15) is 34.7 Å². The van der Waals surface area contributed by atoms with Crippen molar-refractivity contribution in [2.45, 2.75) is 19.9 Å². The van der Waals surface area contributed by atoms with Gasteiger partial charge in [0.2, 0.25) is 0 Å². The minimum absolute atomic E-state index is 0.0510. The van der Waals surface area contributed by atoms with Crippen molar-refractivity contribution in [1.82, 2.24) is 14.8 Å². The number of hydrogen-bond acceptors (Lipinski definition) is 4. The quantitative estimate of drug-likeness (QED) is 0.715. The van der Waals surface area contributed by atoms with Crippen LogP contribution in [0.15, 0.2) is 48.8 Å². The number of fused-ring (bicyclic) bond motifs is 1. The van der Waals surface area contributed by atoms with Crippen LogP contribution in [0, 0.1) is 18.3 Å². The van der Waals surface area contributed by atoms with E-state index < -0.39 is 0 Å². The lowest BCUT2D eigenvalue weighted by atomic mass is 10.0. The van der Waals surface area contributed by atoms with Crippen LogP contribution in [0.2, 0.25) is 0 Å². The van der Waals surface area contributed by atoms with Crippen LogP contribution in [0.25, 0.3) is 11.1 Å². The molecule has 0 spiro atoms. The summed E-state index contributed by atoms with van der Waals surface area (Å²) in [5, 5.41) is 13.4. The summed E-state index contributed by atoms with van der Waals surface area (Å²) in [5.41, 5.74) is 4.57. The Bertz CT molecular complexity index is 1030. The molecule has 6 heteroatoms. The summed E-state index contributed by atoms with van der Waals surface area (Å²) in [4.78, 5) is 19.2.